The van der Waals surface area contributed by atoms with E-state index in [0.29, 0.717) is 27.1 Å². The molecule has 10 heteroatoms. The van der Waals surface area contributed by atoms with E-state index < -0.39 is 0 Å². The maximum Gasteiger partial charge on any atom is 0.0943 e. The van der Waals surface area contributed by atoms with Crippen LogP contribution in [0.2, 0.25) is 0 Å². The number of hydrogen-bond acceptors (Lipinski definition) is 10. The molecule has 0 aliphatic heterocycles. The van der Waals surface area contributed by atoms with Crippen LogP contribution in [0.25, 0.3) is 51.1 Å². The summed E-state index contributed by atoms with van der Waals surface area (Å²) in [6.07, 6.45) is 5.37. The van der Waals surface area contributed by atoms with Gasteiger partial charge in [0.15, 0.2) is 0 Å². The average Bonchev–Trinajstić information content (AvgIpc) is 4.08. The summed E-state index contributed by atoms with van der Waals surface area (Å²) in [5, 5.41) is 6.16. The zero-order valence-electron chi connectivity index (χ0n) is 49.0. The molecule has 0 saturated carbocycles. The molecule has 0 amide bonds. The molecule has 5 aromatic heterocycles. The standard InChI is InChI=1S/5C13H17NS/c1-9-14-11-6-5-10(7-12(11)15-9)8-13(2,3)4;2*1-9-5-6-11-10(7-9)14-12(15-11)8-13(2,3)4;2*1-9-5-6-10-11(7-9)15-12(14-10)8-13(2,3)4/h5*5-7H,8H2,1-4H3. The SMILES string of the molecule is Cc1ccc2nc(CC(C)(C)C)sc2c1.Cc1ccc2nc(CC(C)(C)C)sc2c1.Cc1ccc2sc(CC(C)(C)C)nc2c1.Cc1ccc2sc(CC(C)(C)C)nc2c1.Cc1nc2ccc(CC(C)(C)C)cc2s1. The maximum absolute atomic E-state index is 4.68. The Hall–Kier alpha value is -4.45. The number of hydrogen-bond donors (Lipinski definition) is 0. The fourth-order valence-electron chi connectivity index (χ4n) is 8.25. The molecule has 0 spiro atoms. The van der Waals surface area contributed by atoms with Crippen molar-refractivity contribution in [2.75, 3.05) is 0 Å². The van der Waals surface area contributed by atoms with Crippen molar-refractivity contribution in [3.8, 4) is 0 Å². The van der Waals surface area contributed by atoms with Crippen molar-refractivity contribution < 1.29 is 0 Å². The highest BCUT2D eigenvalue weighted by molar-refractivity contribution is 7.19. The highest BCUT2D eigenvalue weighted by Gasteiger charge is 2.18. The quantitative estimate of drug-likeness (QED) is 0.172. The Morgan fingerprint density at radius 2 is 0.573 bits per heavy atom. The van der Waals surface area contributed by atoms with Gasteiger partial charge in [0, 0.05) is 25.7 Å². The molecule has 10 aromatic rings. The summed E-state index contributed by atoms with van der Waals surface area (Å²) in [4.78, 5) is 23.1. The Kier molecular flexibility index (Phi) is 19.5. The molecular formula is C65H85N5S5. The predicted molar refractivity (Wildman–Crippen MR) is 338 cm³/mol. The summed E-state index contributed by atoms with van der Waals surface area (Å²) in [5.41, 5.74) is 14.0. The third-order valence-electron chi connectivity index (χ3n) is 11.4. The second-order valence-electron chi connectivity index (χ2n) is 26.5. The summed E-state index contributed by atoms with van der Waals surface area (Å²) >= 11 is 9.08. The van der Waals surface area contributed by atoms with Gasteiger partial charge in [-0.3, -0.25) is 0 Å². The minimum absolute atomic E-state index is 0.322. The molecular weight excluding hydrogens is 1010 g/mol. The molecule has 0 aliphatic rings. The number of thiazole rings is 5. The molecule has 0 aliphatic carbocycles. The van der Waals surface area contributed by atoms with Crippen LogP contribution in [0.5, 0.6) is 0 Å². The fourth-order valence-corrected chi connectivity index (χ4v) is 14.4. The molecule has 0 N–H and O–H groups in total. The first-order valence-corrected chi connectivity index (χ1v) is 30.6. The molecule has 75 heavy (non-hydrogen) atoms. The van der Waals surface area contributed by atoms with Gasteiger partial charge in [-0.2, -0.15) is 0 Å². The summed E-state index contributed by atoms with van der Waals surface area (Å²) in [6, 6.07) is 32.5. The van der Waals surface area contributed by atoms with Crippen molar-refractivity contribution in [2.24, 2.45) is 27.1 Å². The maximum atomic E-state index is 4.68. The first-order chi connectivity index (χ1) is 34.7. The Balaban J connectivity index is 0.000000152. The van der Waals surface area contributed by atoms with Gasteiger partial charge in [-0.25, -0.2) is 24.9 Å². The Morgan fingerprint density at radius 1 is 0.280 bits per heavy atom. The summed E-state index contributed by atoms with van der Waals surface area (Å²) in [7, 11) is 0. The Bertz CT molecular complexity index is 3060. The number of aromatic nitrogens is 5. The van der Waals surface area contributed by atoms with E-state index in [0.717, 1.165) is 64.7 Å². The van der Waals surface area contributed by atoms with Crippen LogP contribution in [0.4, 0.5) is 0 Å². The van der Waals surface area contributed by atoms with Crippen molar-refractivity contribution >= 4 is 108 Å². The van der Waals surface area contributed by atoms with E-state index in [1.165, 1.54) is 71.3 Å². The number of aryl methyl sites for hydroxylation is 5. The van der Waals surface area contributed by atoms with Crippen LogP contribution in [0.1, 0.15) is 157 Å². The minimum atomic E-state index is 0.322. The Labute approximate surface area is 470 Å². The molecule has 5 heterocycles. The van der Waals surface area contributed by atoms with E-state index >= 15 is 0 Å². The largest absolute Gasteiger partial charge is 0.242 e. The van der Waals surface area contributed by atoms with Gasteiger partial charge in [0.1, 0.15) is 0 Å². The van der Waals surface area contributed by atoms with Gasteiger partial charge in [0.05, 0.1) is 76.1 Å². The molecule has 5 aromatic carbocycles. The van der Waals surface area contributed by atoms with Gasteiger partial charge in [0.2, 0.25) is 0 Å². The second-order valence-corrected chi connectivity index (χ2v) is 32.2. The van der Waals surface area contributed by atoms with Crippen LogP contribution in [0.3, 0.4) is 0 Å². The third-order valence-corrected chi connectivity index (χ3v) is 16.4. The Morgan fingerprint density at radius 3 is 0.947 bits per heavy atom. The molecule has 0 saturated heterocycles. The fraction of sp³-hybridized carbons (Fsp3) is 0.462. The molecule has 0 fully saturated rings. The van der Waals surface area contributed by atoms with E-state index in [1.807, 2.05) is 45.3 Å². The number of nitrogens with zero attached hydrogens (tertiary/aromatic N) is 5. The van der Waals surface area contributed by atoms with Gasteiger partial charge >= 0.3 is 0 Å². The average molecular weight is 1100 g/mol. The smallest absolute Gasteiger partial charge is 0.0943 e. The molecule has 0 bridgehead atoms. The van der Waals surface area contributed by atoms with Crippen molar-refractivity contribution in [3.05, 3.63) is 144 Å². The van der Waals surface area contributed by atoms with Crippen LogP contribution in [-0.4, -0.2) is 24.9 Å². The molecule has 10 rings (SSSR count). The summed E-state index contributed by atoms with van der Waals surface area (Å²) in [6.45, 7) is 44.4. The number of benzene rings is 5. The van der Waals surface area contributed by atoms with Gasteiger partial charge in [0.25, 0.3) is 0 Å². The lowest BCUT2D eigenvalue weighted by Crippen LogP contribution is -2.08. The molecule has 5 nitrogen and oxygen atoms in total. The monoisotopic (exact) mass is 1100 g/mol. The zero-order chi connectivity index (χ0) is 55.3. The van der Waals surface area contributed by atoms with Crippen LogP contribution in [-0.2, 0) is 32.1 Å². The van der Waals surface area contributed by atoms with E-state index in [2.05, 4.69) is 254 Å². The molecule has 0 unspecified atom stereocenters. The lowest BCUT2D eigenvalue weighted by atomic mass is 9.88. The lowest BCUT2D eigenvalue weighted by molar-refractivity contribution is 0.410. The molecule has 400 valence electrons. The highest BCUT2D eigenvalue weighted by Crippen LogP contribution is 2.33. The topological polar surface area (TPSA) is 64.5 Å². The molecule has 0 atom stereocenters. The van der Waals surface area contributed by atoms with Gasteiger partial charge in [-0.05, 0) is 157 Å². The van der Waals surface area contributed by atoms with Crippen molar-refractivity contribution in [2.45, 2.75) is 171 Å². The van der Waals surface area contributed by atoms with E-state index in [-0.39, 0.29) is 0 Å². The van der Waals surface area contributed by atoms with Crippen LogP contribution in [0, 0.1) is 61.7 Å². The predicted octanol–water partition coefficient (Wildman–Crippen LogP) is 21.0. The van der Waals surface area contributed by atoms with E-state index in [1.54, 1.807) is 11.3 Å². The van der Waals surface area contributed by atoms with E-state index in [4.69, 9.17) is 0 Å². The first kappa shape index (κ1) is 59.8. The lowest BCUT2D eigenvalue weighted by Gasteiger charge is -2.17. The van der Waals surface area contributed by atoms with E-state index in [9.17, 15) is 0 Å². The first-order valence-electron chi connectivity index (χ1n) is 26.5. The van der Waals surface area contributed by atoms with Crippen molar-refractivity contribution in [3.63, 3.8) is 0 Å². The van der Waals surface area contributed by atoms with Crippen LogP contribution in [0.15, 0.2) is 91.0 Å². The number of rotatable bonds is 5. The van der Waals surface area contributed by atoms with Gasteiger partial charge < -0.3 is 0 Å². The minimum Gasteiger partial charge on any atom is -0.242 e. The van der Waals surface area contributed by atoms with Gasteiger partial charge in [-0.15, -0.1) is 56.7 Å². The number of fused-ring (bicyclic) bond motifs is 5. The summed E-state index contributed by atoms with van der Waals surface area (Å²) < 4.78 is 6.55. The zero-order valence-corrected chi connectivity index (χ0v) is 53.1. The normalized spacial score (nSPS) is 12.3. The van der Waals surface area contributed by atoms with Gasteiger partial charge in [-0.1, -0.05) is 134 Å². The van der Waals surface area contributed by atoms with Crippen molar-refractivity contribution in [1.82, 2.24) is 24.9 Å². The second kappa shape index (κ2) is 24.5. The summed E-state index contributed by atoms with van der Waals surface area (Å²) in [5.74, 6) is 0. The van der Waals surface area contributed by atoms with Crippen molar-refractivity contribution in [1.29, 1.82) is 0 Å². The third kappa shape index (κ3) is 20.1. The highest BCUT2D eigenvalue weighted by atomic mass is 32.1. The molecule has 0 radical (unpaired) electrons. The van der Waals surface area contributed by atoms with Crippen LogP contribution >= 0.6 is 56.7 Å². The van der Waals surface area contributed by atoms with Crippen LogP contribution < -0.4 is 0 Å².